The summed E-state index contributed by atoms with van der Waals surface area (Å²) in [7, 11) is 0. The Labute approximate surface area is 99.4 Å². The van der Waals surface area contributed by atoms with Gasteiger partial charge < -0.3 is 10.1 Å². The fraction of sp³-hybridized carbons (Fsp3) is 0.455. The highest BCUT2D eigenvalue weighted by Crippen LogP contribution is 2.19. The number of benzene rings is 1. The van der Waals surface area contributed by atoms with Gasteiger partial charge in [0.15, 0.2) is 11.6 Å². The first-order chi connectivity index (χ1) is 7.27. The highest BCUT2D eigenvalue weighted by molar-refractivity contribution is 5.85. The first-order valence-electron chi connectivity index (χ1n) is 5.07. The van der Waals surface area contributed by atoms with Crippen molar-refractivity contribution in [2.75, 3.05) is 13.2 Å². The predicted molar refractivity (Wildman–Crippen MR) is 60.1 cm³/mol. The third kappa shape index (κ3) is 3.06. The number of rotatable bonds is 3. The van der Waals surface area contributed by atoms with E-state index in [9.17, 15) is 8.78 Å². The molecule has 0 bridgehead atoms. The van der Waals surface area contributed by atoms with E-state index in [4.69, 9.17) is 4.74 Å². The second-order valence-electron chi connectivity index (χ2n) is 3.66. The Hall–Kier alpha value is -0.870. The molecule has 2 nitrogen and oxygen atoms in total. The minimum Gasteiger partial charge on any atom is -0.489 e. The smallest absolute Gasteiger partial charge is 0.200 e. The Morgan fingerprint density at radius 1 is 1.38 bits per heavy atom. The fourth-order valence-electron chi connectivity index (χ4n) is 1.68. The highest BCUT2D eigenvalue weighted by atomic mass is 35.5. The van der Waals surface area contributed by atoms with Gasteiger partial charge in [-0.2, -0.15) is 4.39 Å². The molecule has 5 heteroatoms. The molecule has 90 valence electrons. The van der Waals surface area contributed by atoms with Crippen molar-refractivity contribution in [3.8, 4) is 5.75 Å². The highest BCUT2D eigenvalue weighted by Gasteiger charge is 2.16. The molecule has 1 aliphatic heterocycles. The zero-order valence-corrected chi connectivity index (χ0v) is 9.53. The van der Waals surface area contributed by atoms with Crippen LogP contribution in [0.15, 0.2) is 18.2 Å². The monoisotopic (exact) mass is 249 g/mol. The summed E-state index contributed by atoms with van der Waals surface area (Å²) < 4.78 is 31.2. The lowest BCUT2D eigenvalue weighted by molar-refractivity contribution is 0.261. The van der Waals surface area contributed by atoms with E-state index in [1.165, 1.54) is 12.1 Å². The summed E-state index contributed by atoms with van der Waals surface area (Å²) in [5.74, 6) is -1.79. The summed E-state index contributed by atoms with van der Waals surface area (Å²) >= 11 is 0. The predicted octanol–water partition coefficient (Wildman–Crippen LogP) is 2.52. The summed E-state index contributed by atoms with van der Waals surface area (Å²) in [6.45, 7) is 1.36. The van der Waals surface area contributed by atoms with E-state index >= 15 is 0 Å². The molecule has 0 aromatic heterocycles. The van der Waals surface area contributed by atoms with Crippen LogP contribution >= 0.6 is 12.4 Å². The van der Waals surface area contributed by atoms with Crippen LogP contribution in [-0.2, 0) is 0 Å². The lowest BCUT2D eigenvalue weighted by atomic mass is 10.2. The van der Waals surface area contributed by atoms with Crippen molar-refractivity contribution in [3.05, 3.63) is 29.8 Å². The van der Waals surface area contributed by atoms with Crippen LogP contribution in [0.1, 0.15) is 12.8 Å². The molecule has 0 aliphatic carbocycles. The second kappa shape index (κ2) is 6.01. The van der Waals surface area contributed by atoms with Crippen molar-refractivity contribution >= 4 is 12.4 Å². The van der Waals surface area contributed by atoms with Gasteiger partial charge in [-0.3, -0.25) is 0 Å². The first-order valence-corrected chi connectivity index (χ1v) is 5.07. The summed E-state index contributed by atoms with van der Waals surface area (Å²) in [5.41, 5.74) is 0. The summed E-state index contributed by atoms with van der Waals surface area (Å²) in [6.07, 6.45) is 2.14. The van der Waals surface area contributed by atoms with Gasteiger partial charge in [-0.05, 0) is 31.5 Å². The molecule has 1 fully saturated rings. The maximum atomic E-state index is 13.2. The van der Waals surface area contributed by atoms with Gasteiger partial charge in [0.25, 0.3) is 0 Å². The molecule has 0 unspecified atom stereocenters. The van der Waals surface area contributed by atoms with E-state index < -0.39 is 11.6 Å². The molecule has 0 amide bonds. The molecule has 1 aromatic rings. The Kier molecular flexibility index (Phi) is 4.96. The van der Waals surface area contributed by atoms with Gasteiger partial charge in [0.2, 0.25) is 5.82 Å². The lowest BCUT2D eigenvalue weighted by Gasteiger charge is -2.12. The van der Waals surface area contributed by atoms with Crippen LogP contribution < -0.4 is 10.1 Å². The van der Waals surface area contributed by atoms with Gasteiger partial charge in [0.1, 0.15) is 6.61 Å². The van der Waals surface area contributed by atoms with Crippen molar-refractivity contribution in [1.82, 2.24) is 5.32 Å². The van der Waals surface area contributed by atoms with E-state index in [0.29, 0.717) is 6.61 Å². The Morgan fingerprint density at radius 2 is 2.19 bits per heavy atom. The summed E-state index contributed by atoms with van der Waals surface area (Å²) in [5, 5.41) is 3.22. The van der Waals surface area contributed by atoms with Crippen LogP contribution in [0.2, 0.25) is 0 Å². The molecular weight excluding hydrogens is 236 g/mol. The minimum atomic E-state index is -0.907. The van der Waals surface area contributed by atoms with Crippen LogP contribution in [0, 0.1) is 11.6 Å². The molecule has 0 saturated carbocycles. The largest absolute Gasteiger partial charge is 0.489 e. The van der Waals surface area contributed by atoms with E-state index in [0.717, 1.165) is 25.5 Å². The van der Waals surface area contributed by atoms with Crippen LogP contribution in [0.25, 0.3) is 0 Å². The first kappa shape index (κ1) is 13.2. The van der Waals surface area contributed by atoms with Gasteiger partial charge >= 0.3 is 0 Å². The lowest BCUT2D eigenvalue weighted by Crippen LogP contribution is -2.28. The van der Waals surface area contributed by atoms with E-state index in [1.54, 1.807) is 0 Å². The molecule has 1 aliphatic rings. The average molecular weight is 250 g/mol. The molecule has 16 heavy (non-hydrogen) atoms. The Balaban J connectivity index is 0.00000128. The number of ether oxygens (including phenoxy) is 1. The van der Waals surface area contributed by atoms with E-state index in [-0.39, 0.29) is 24.2 Å². The third-order valence-electron chi connectivity index (χ3n) is 2.52. The molecule has 1 N–H and O–H groups in total. The van der Waals surface area contributed by atoms with Gasteiger partial charge in [-0.25, -0.2) is 4.39 Å². The molecule has 1 atom stereocenters. The molecule has 0 radical (unpaired) electrons. The third-order valence-corrected chi connectivity index (χ3v) is 2.52. The van der Waals surface area contributed by atoms with Gasteiger partial charge in [-0.1, -0.05) is 6.07 Å². The van der Waals surface area contributed by atoms with Crippen molar-refractivity contribution in [3.63, 3.8) is 0 Å². The number of hydrogen-bond acceptors (Lipinski definition) is 2. The fourth-order valence-corrected chi connectivity index (χ4v) is 1.68. The standard InChI is InChI=1S/C11H13F2NO.ClH/c12-9-4-1-5-10(11(9)13)15-7-8-3-2-6-14-8;/h1,4-5,8,14H,2-3,6-7H2;1H/t8-;/m0./s1. The summed E-state index contributed by atoms with van der Waals surface area (Å²) in [4.78, 5) is 0. The summed E-state index contributed by atoms with van der Waals surface area (Å²) in [6, 6.07) is 4.21. The zero-order valence-electron chi connectivity index (χ0n) is 8.71. The van der Waals surface area contributed by atoms with Crippen LogP contribution in [0.3, 0.4) is 0 Å². The molecular formula is C11H14ClF2NO. The number of halogens is 3. The van der Waals surface area contributed by atoms with Crippen molar-refractivity contribution < 1.29 is 13.5 Å². The topological polar surface area (TPSA) is 21.3 Å². The quantitative estimate of drug-likeness (QED) is 0.889. The van der Waals surface area contributed by atoms with Crippen molar-refractivity contribution in [2.45, 2.75) is 18.9 Å². The van der Waals surface area contributed by atoms with Crippen LogP contribution in [0.4, 0.5) is 8.78 Å². The normalized spacial score (nSPS) is 19.2. The SMILES string of the molecule is Cl.Fc1cccc(OC[C@@H]2CCCN2)c1F. The van der Waals surface area contributed by atoms with Gasteiger partial charge in [-0.15, -0.1) is 12.4 Å². The Bertz CT molecular complexity index is 343. The average Bonchev–Trinajstić information content (AvgIpc) is 2.73. The Morgan fingerprint density at radius 3 is 2.88 bits per heavy atom. The van der Waals surface area contributed by atoms with Crippen molar-refractivity contribution in [2.24, 2.45) is 0 Å². The van der Waals surface area contributed by atoms with Gasteiger partial charge in [0, 0.05) is 6.04 Å². The molecule has 1 heterocycles. The molecule has 0 spiro atoms. The second-order valence-corrected chi connectivity index (χ2v) is 3.66. The molecule has 1 aromatic carbocycles. The van der Waals surface area contributed by atoms with Gasteiger partial charge in [0.05, 0.1) is 0 Å². The van der Waals surface area contributed by atoms with E-state index in [1.807, 2.05) is 0 Å². The number of nitrogens with one attached hydrogen (secondary N) is 1. The van der Waals surface area contributed by atoms with Crippen molar-refractivity contribution in [1.29, 1.82) is 0 Å². The maximum Gasteiger partial charge on any atom is 0.200 e. The van der Waals surface area contributed by atoms with Crippen LogP contribution in [0.5, 0.6) is 5.75 Å². The zero-order chi connectivity index (χ0) is 10.7. The molecule has 2 rings (SSSR count). The van der Waals surface area contributed by atoms with Crippen LogP contribution in [-0.4, -0.2) is 19.2 Å². The minimum absolute atomic E-state index is 0. The molecule has 1 saturated heterocycles. The van der Waals surface area contributed by atoms with E-state index in [2.05, 4.69) is 5.32 Å². The maximum absolute atomic E-state index is 13.2. The number of hydrogen-bond donors (Lipinski definition) is 1.